The molecule has 0 amide bonds. The van der Waals surface area contributed by atoms with Gasteiger partial charge in [-0.05, 0) is 61.3 Å². The molecule has 2 aromatic heterocycles. The zero-order chi connectivity index (χ0) is 22.2. The molecule has 1 aliphatic heterocycles. The molecule has 0 unspecified atom stereocenters. The number of nitroso groups, excluding NO2 is 1. The standard InChI is InChI=1S/C25H22N2O5/c1-15-8-10-27(11-9-15)14-20-21(26-30)7-6-17-18(13-23(28)32-24(17)20)19-12-16-4-2-3-5-22(16)31-25(19)29/h2-7,12-13,15H,8-11,14H2,1H3. The van der Waals surface area contributed by atoms with Gasteiger partial charge in [-0.2, -0.15) is 0 Å². The first kappa shape index (κ1) is 20.3. The summed E-state index contributed by atoms with van der Waals surface area (Å²) < 4.78 is 11.1. The van der Waals surface area contributed by atoms with E-state index in [9.17, 15) is 14.5 Å². The summed E-state index contributed by atoms with van der Waals surface area (Å²) in [7, 11) is 0. The number of piperidine rings is 1. The molecule has 32 heavy (non-hydrogen) atoms. The number of para-hydroxylation sites is 1. The van der Waals surface area contributed by atoms with Crippen molar-refractivity contribution in [2.24, 2.45) is 11.1 Å². The third kappa shape index (κ3) is 3.65. The van der Waals surface area contributed by atoms with Crippen LogP contribution in [0.5, 0.6) is 0 Å². The van der Waals surface area contributed by atoms with Crippen LogP contribution in [0.3, 0.4) is 0 Å². The average molecular weight is 430 g/mol. The van der Waals surface area contributed by atoms with Crippen molar-refractivity contribution in [2.45, 2.75) is 26.3 Å². The van der Waals surface area contributed by atoms with E-state index in [1.807, 2.05) is 12.1 Å². The molecule has 0 atom stereocenters. The summed E-state index contributed by atoms with van der Waals surface area (Å²) in [4.78, 5) is 39.1. The molecule has 5 rings (SSSR count). The van der Waals surface area contributed by atoms with Crippen LogP contribution in [-0.2, 0) is 6.54 Å². The molecular formula is C25H22N2O5. The van der Waals surface area contributed by atoms with Gasteiger partial charge in [0.15, 0.2) is 0 Å². The summed E-state index contributed by atoms with van der Waals surface area (Å²) in [6.07, 6.45) is 2.14. The van der Waals surface area contributed by atoms with Crippen LogP contribution < -0.4 is 11.3 Å². The molecule has 0 radical (unpaired) electrons. The fraction of sp³-hybridized carbons (Fsp3) is 0.280. The maximum absolute atomic E-state index is 12.8. The predicted molar refractivity (Wildman–Crippen MR) is 123 cm³/mol. The predicted octanol–water partition coefficient (Wildman–Crippen LogP) is 5.20. The summed E-state index contributed by atoms with van der Waals surface area (Å²) in [5.74, 6) is 0.666. The van der Waals surface area contributed by atoms with Crippen LogP contribution in [0.1, 0.15) is 25.3 Å². The lowest BCUT2D eigenvalue weighted by Crippen LogP contribution is -2.32. The number of nitrogens with zero attached hydrogens (tertiary/aromatic N) is 2. The van der Waals surface area contributed by atoms with E-state index >= 15 is 0 Å². The van der Waals surface area contributed by atoms with Crippen molar-refractivity contribution >= 4 is 27.6 Å². The molecule has 162 valence electrons. The van der Waals surface area contributed by atoms with Crippen LogP contribution in [0.4, 0.5) is 5.69 Å². The molecule has 4 aromatic rings. The second kappa shape index (κ2) is 8.16. The molecule has 1 saturated heterocycles. The van der Waals surface area contributed by atoms with Gasteiger partial charge in [0, 0.05) is 34.5 Å². The number of hydrogen-bond acceptors (Lipinski definition) is 7. The third-order valence-corrected chi connectivity index (χ3v) is 6.28. The number of rotatable bonds is 4. The Hall–Kier alpha value is -3.58. The summed E-state index contributed by atoms with van der Waals surface area (Å²) in [5, 5.41) is 4.49. The molecule has 0 N–H and O–H groups in total. The Morgan fingerprint density at radius 3 is 2.56 bits per heavy atom. The Labute approximate surface area is 183 Å². The fourth-order valence-corrected chi connectivity index (χ4v) is 4.43. The van der Waals surface area contributed by atoms with Crippen LogP contribution in [0, 0.1) is 10.8 Å². The molecule has 0 bridgehead atoms. The number of benzene rings is 2. The number of fused-ring (bicyclic) bond motifs is 2. The highest BCUT2D eigenvalue weighted by Crippen LogP contribution is 2.35. The Kier molecular flexibility index (Phi) is 5.19. The van der Waals surface area contributed by atoms with Crippen molar-refractivity contribution in [3.05, 3.63) is 79.8 Å². The van der Waals surface area contributed by atoms with Crippen LogP contribution in [0.15, 0.2) is 72.1 Å². The zero-order valence-corrected chi connectivity index (χ0v) is 17.7. The molecule has 7 heteroatoms. The molecular weight excluding hydrogens is 408 g/mol. The van der Waals surface area contributed by atoms with Crippen molar-refractivity contribution < 1.29 is 8.83 Å². The molecule has 0 aliphatic carbocycles. The first-order valence-electron chi connectivity index (χ1n) is 10.7. The Morgan fingerprint density at radius 2 is 1.78 bits per heavy atom. The van der Waals surface area contributed by atoms with Crippen molar-refractivity contribution in [2.75, 3.05) is 13.1 Å². The van der Waals surface area contributed by atoms with E-state index in [4.69, 9.17) is 8.83 Å². The Balaban J connectivity index is 1.71. The maximum atomic E-state index is 12.8. The highest BCUT2D eigenvalue weighted by Gasteiger charge is 2.22. The lowest BCUT2D eigenvalue weighted by Gasteiger charge is -2.30. The highest BCUT2D eigenvalue weighted by atomic mass is 16.4. The first-order valence-corrected chi connectivity index (χ1v) is 10.7. The third-order valence-electron chi connectivity index (χ3n) is 6.28. The minimum absolute atomic E-state index is 0.238. The topological polar surface area (TPSA) is 93.1 Å². The van der Waals surface area contributed by atoms with Gasteiger partial charge in [0.25, 0.3) is 0 Å². The molecule has 7 nitrogen and oxygen atoms in total. The Morgan fingerprint density at radius 1 is 1.00 bits per heavy atom. The monoisotopic (exact) mass is 430 g/mol. The minimum Gasteiger partial charge on any atom is -0.422 e. The average Bonchev–Trinajstić information content (AvgIpc) is 2.80. The lowest BCUT2D eigenvalue weighted by atomic mass is 9.97. The van der Waals surface area contributed by atoms with E-state index in [1.165, 1.54) is 6.07 Å². The van der Waals surface area contributed by atoms with Crippen molar-refractivity contribution in [3.8, 4) is 11.1 Å². The fourth-order valence-electron chi connectivity index (χ4n) is 4.43. The SMILES string of the molecule is CC1CCN(Cc2c(N=O)ccc3c(-c4cc5ccccc5oc4=O)cc(=O)oc23)CC1. The molecule has 3 heterocycles. The second-order valence-corrected chi connectivity index (χ2v) is 8.45. The van der Waals surface area contributed by atoms with Gasteiger partial charge >= 0.3 is 11.3 Å². The van der Waals surface area contributed by atoms with Crippen LogP contribution >= 0.6 is 0 Å². The lowest BCUT2D eigenvalue weighted by molar-refractivity contribution is 0.185. The van der Waals surface area contributed by atoms with Crippen LogP contribution in [0.2, 0.25) is 0 Å². The zero-order valence-electron chi connectivity index (χ0n) is 17.7. The van der Waals surface area contributed by atoms with Crippen molar-refractivity contribution in [3.63, 3.8) is 0 Å². The van der Waals surface area contributed by atoms with Crippen LogP contribution in [0.25, 0.3) is 33.1 Å². The van der Waals surface area contributed by atoms with E-state index in [0.717, 1.165) is 31.3 Å². The summed E-state index contributed by atoms with van der Waals surface area (Å²) in [5.41, 5.74) is 1.11. The molecule has 0 spiro atoms. The quantitative estimate of drug-likeness (QED) is 0.326. The maximum Gasteiger partial charge on any atom is 0.344 e. The number of hydrogen-bond donors (Lipinski definition) is 0. The van der Waals surface area contributed by atoms with Crippen molar-refractivity contribution in [1.29, 1.82) is 0 Å². The van der Waals surface area contributed by atoms with E-state index in [-0.39, 0.29) is 16.8 Å². The second-order valence-electron chi connectivity index (χ2n) is 8.45. The normalized spacial score (nSPS) is 15.4. The van der Waals surface area contributed by atoms with Gasteiger partial charge in [0.2, 0.25) is 0 Å². The van der Waals surface area contributed by atoms with Gasteiger partial charge in [-0.1, -0.05) is 25.1 Å². The number of likely N-dealkylation sites (tertiary alicyclic amines) is 1. The minimum atomic E-state index is -0.600. The largest absolute Gasteiger partial charge is 0.422 e. The smallest absolute Gasteiger partial charge is 0.344 e. The molecule has 0 saturated carbocycles. The molecule has 2 aromatic carbocycles. The first-order chi connectivity index (χ1) is 15.5. The molecule has 1 aliphatic rings. The van der Waals surface area contributed by atoms with Gasteiger partial charge in [0.1, 0.15) is 16.9 Å². The van der Waals surface area contributed by atoms with E-state index in [2.05, 4.69) is 17.0 Å². The summed E-state index contributed by atoms with van der Waals surface area (Å²) in [6, 6.07) is 13.5. The van der Waals surface area contributed by atoms with Crippen molar-refractivity contribution in [1.82, 2.24) is 4.90 Å². The van der Waals surface area contributed by atoms with Crippen LogP contribution in [-0.4, -0.2) is 18.0 Å². The summed E-state index contributed by atoms with van der Waals surface area (Å²) >= 11 is 0. The van der Waals surface area contributed by atoms with Gasteiger partial charge in [-0.25, -0.2) is 9.59 Å². The van der Waals surface area contributed by atoms with E-state index in [1.54, 1.807) is 30.3 Å². The highest BCUT2D eigenvalue weighted by molar-refractivity contribution is 5.97. The van der Waals surface area contributed by atoms with E-state index in [0.29, 0.717) is 34.6 Å². The van der Waals surface area contributed by atoms with Gasteiger partial charge < -0.3 is 8.83 Å². The van der Waals surface area contributed by atoms with E-state index < -0.39 is 11.3 Å². The van der Waals surface area contributed by atoms with Gasteiger partial charge in [0.05, 0.1) is 5.56 Å². The molecule has 1 fully saturated rings. The van der Waals surface area contributed by atoms with Gasteiger partial charge in [-0.3, -0.25) is 4.90 Å². The Bertz CT molecular complexity index is 1440. The van der Waals surface area contributed by atoms with Gasteiger partial charge in [-0.15, -0.1) is 4.91 Å². The summed E-state index contributed by atoms with van der Waals surface area (Å²) in [6.45, 7) is 4.47.